The summed E-state index contributed by atoms with van der Waals surface area (Å²) in [6.07, 6.45) is 4.69. The first-order valence-electron chi connectivity index (χ1n) is 7.80. The fraction of sp³-hybridized carbons (Fsp3) is 0.389. The van der Waals surface area contributed by atoms with Crippen LogP contribution >= 0.6 is 0 Å². The number of hydrogen-bond donors (Lipinski definition) is 1. The zero-order valence-corrected chi connectivity index (χ0v) is 12.5. The lowest BCUT2D eigenvalue weighted by Gasteiger charge is -2.22. The highest BCUT2D eigenvalue weighted by atomic mass is 15.2. The van der Waals surface area contributed by atoms with E-state index in [1.54, 1.807) is 0 Å². The maximum atomic E-state index is 4.49. The van der Waals surface area contributed by atoms with Crippen LogP contribution in [0, 0.1) is 6.92 Å². The summed E-state index contributed by atoms with van der Waals surface area (Å²) >= 11 is 0. The summed E-state index contributed by atoms with van der Waals surface area (Å²) in [6.45, 7) is 5.02. The van der Waals surface area contributed by atoms with Gasteiger partial charge in [-0.1, -0.05) is 24.3 Å². The van der Waals surface area contributed by atoms with Crippen LogP contribution in [0.3, 0.4) is 0 Å². The molecule has 0 amide bonds. The van der Waals surface area contributed by atoms with Crippen molar-refractivity contribution in [1.29, 1.82) is 0 Å². The Morgan fingerprint density at radius 3 is 2.57 bits per heavy atom. The van der Waals surface area contributed by atoms with Crippen molar-refractivity contribution < 1.29 is 0 Å². The summed E-state index contributed by atoms with van der Waals surface area (Å²) in [4.78, 5) is 6.97. The summed E-state index contributed by atoms with van der Waals surface area (Å²) in [5.74, 6) is 0. The maximum Gasteiger partial charge on any atom is 0.0451 e. The van der Waals surface area contributed by atoms with Crippen LogP contribution in [0.2, 0.25) is 0 Å². The number of hydrogen-bond acceptors (Lipinski definition) is 3. The third-order valence-corrected chi connectivity index (χ3v) is 4.44. The summed E-state index contributed by atoms with van der Waals surface area (Å²) in [7, 11) is 0. The van der Waals surface area contributed by atoms with E-state index < -0.39 is 0 Å². The van der Waals surface area contributed by atoms with E-state index >= 15 is 0 Å². The van der Waals surface area contributed by atoms with Gasteiger partial charge in [0, 0.05) is 48.8 Å². The van der Waals surface area contributed by atoms with E-state index in [0.29, 0.717) is 0 Å². The number of aromatic nitrogens is 1. The normalized spacial score (nSPS) is 17.1. The zero-order chi connectivity index (χ0) is 14.2. The summed E-state index contributed by atoms with van der Waals surface area (Å²) < 4.78 is 0. The van der Waals surface area contributed by atoms with E-state index in [1.807, 2.05) is 6.20 Å². The molecular formula is C18H21N3. The van der Waals surface area contributed by atoms with Gasteiger partial charge in [-0.3, -0.25) is 4.98 Å². The molecule has 1 aromatic carbocycles. The highest BCUT2D eigenvalue weighted by Crippen LogP contribution is 2.31. The minimum absolute atomic E-state index is 0.731. The number of nitrogens with one attached hydrogen (secondary N) is 1. The van der Waals surface area contributed by atoms with Crippen molar-refractivity contribution >= 4 is 5.69 Å². The Bertz CT molecular complexity index is 636. The molecule has 2 aliphatic rings. The Kier molecular flexibility index (Phi) is 3.15. The van der Waals surface area contributed by atoms with Gasteiger partial charge in [-0.15, -0.1) is 0 Å². The molecular weight excluding hydrogens is 258 g/mol. The first kappa shape index (κ1) is 12.8. The van der Waals surface area contributed by atoms with E-state index in [-0.39, 0.29) is 0 Å². The van der Waals surface area contributed by atoms with Gasteiger partial charge >= 0.3 is 0 Å². The average Bonchev–Trinajstić information content (AvgIpc) is 3.22. The first-order valence-corrected chi connectivity index (χ1v) is 7.80. The molecule has 2 aromatic rings. The van der Waals surface area contributed by atoms with Gasteiger partial charge in [0.25, 0.3) is 0 Å². The third kappa shape index (κ3) is 2.66. The van der Waals surface area contributed by atoms with Crippen molar-refractivity contribution in [3.8, 4) is 0 Å². The van der Waals surface area contributed by atoms with Crippen molar-refractivity contribution in [3.05, 3.63) is 58.9 Å². The number of rotatable bonds is 4. The van der Waals surface area contributed by atoms with E-state index in [9.17, 15) is 0 Å². The van der Waals surface area contributed by atoms with Gasteiger partial charge in [-0.25, -0.2) is 0 Å². The molecule has 1 aliphatic carbocycles. The minimum atomic E-state index is 0.731. The Labute approximate surface area is 126 Å². The molecule has 1 N–H and O–H groups in total. The average molecular weight is 279 g/mol. The van der Waals surface area contributed by atoms with Crippen molar-refractivity contribution in [2.75, 3.05) is 4.90 Å². The molecule has 1 saturated carbocycles. The van der Waals surface area contributed by atoms with Gasteiger partial charge in [0.15, 0.2) is 0 Å². The van der Waals surface area contributed by atoms with Crippen molar-refractivity contribution in [2.45, 2.75) is 45.4 Å². The van der Waals surface area contributed by atoms with Crippen molar-refractivity contribution in [3.63, 3.8) is 0 Å². The molecule has 2 heterocycles. The van der Waals surface area contributed by atoms with Gasteiger partial charge in [-0.2, -0.15) is 0 Å². The monoisotopic (exact) mass is 279 g/mol. The molecule has 0 unspecified atom stereocenters. The largest absolute Gasteiger partial charge is 0.362 e. The molecule has 0 spiro atoms. The third-order valence-electron chi connectivity index (χ3n) is 4.44. The fourth-order valence-electron chi connectivity index (χ4n) is 3.05. The molecule has 108 valence electrons. The van der Waals surface area contributed by atoms with Gasteiger partial charge in [-0.05, 0) is 37.0 Å². The molecule has 0 radical (unpaired) electrons. The number of fused-ring (bicyclic) bond motifs is 1. The van der Waals surface area contributed by atoms with Crippen LogP contribution in [0.5, 0.6) is 0 Å². The summed E-state index contributed by atoms with van der Waals surface area (Å²) in [5.41, 5.74) is 6.66. The van der Waals surface area contributed by atoms with Crippen LogP contribution < -0.4 is 10.2 Å². The maximum absolute atomic E-state index is 4.49. The van der Waals surface area contributed by atoms with E-state index in [4.69, 9.17) is 0 Å². The van der Waals surface area contributed by atoms with Crippen LogP contribution in [-0.2, 0) is 19.6 Å². The molecule has 1 aromatic heterocycles. The highest BCUT2D eigenvalue weighted by molar-refractivity contribution is 5.57. The van der Waals surface area contributed by atoms with Crippen molar-refractivity contribution in [2.24, 2.45) is 0 Å². The fourth-order valence-corrected chi connectivity index (χ4v) is 3.05. The molecule has 1 aliphatic heterocycles. The molecule has 3 nitrogen and oxygen atoms in total. The summed E-state index contributed by atoms with van der Waals surface area (Å²) in [5, 5.41) is 3.61. The number of pyridine rings is 1. The lowest BCUT2D eigenvalue weighted by Crippen LogP contribution is -2.21. The van der Waals surface area contributed by atoms with Gasteiger partial charge in [0.2, 0.25) is 0 Å². The Balaban J connectivity index is 1.60. The second-order valence-electron chi connectivity index (χ2n) is 6.23. The lowest BCUT2D eigenvalue weighted by molar-refractivity contribution is 0.681. The van der Waals surface area contributed by atoms with Gasteiger partial charge < -0.3 is 10.2 Å². The zero-order valence-electron chi connectivity index (χ0n) is 12.5. The van der Waals surface area contributed by atoms with Crippen molar-refractivity contribution in [1.82, 2.24) is 10.3 Å². The minimum Gasteiger partial charge on any atom is -0.362 e. The molecule has 1 fully saturated rings. The number of nitrogens with zero attached hydrogens (tertiary/aromatic N) is 2. The Hall–Kier alpha value is -1.87. The smallest absolute Gasteiger partial charge is 0.0451 e. The molecule has 0 atom stereocenters. The second kappa shape index (κ2) is 5.15. The molecule has 0 bridgehead atoms. The van der Waals surface area contributed by atoms with Crippen LogP contribution in [0.1, 0.15) is 35.2 Å². The molecule has 4 rings (SSSR count). The van der Waals surface area contributed by atoms with Gasteiger partial charge in [0.05, 0.1) is 0 Å². The molecule has 0 saturated heterocycles. The molecule has 21 heavy (non-hydrogen) atoms. The van der Waals surface area contributed by atoms with Crippen LogP contribution in [-0.4, -0.2) is 11.0 Å². The second-order valence-corrected chi connectivity index (χ2v) is 6.23. The molecule has 3 heteroatoms. The van der Waals surface area contributed by atoms with E-state index in [2.05, 4.69) is 52.5 Å². The SMILES string of the molecule is Cc1cc(N2Cc3ccccc3C2)c(CNC2CC2)cn1. The standard InChI is InChI=1S/C18H21N3/c1-13-8-18(16(9-19-13)10-20-17-6-7-17)21-11-14-4-2-3-5-15(14)12-21/h2-5,8-9,17,20H,6-7,10-12H2,1H3. The Morgan fingerprint density at radius 2 is 1.90 bits per heavy atom. The van der Waals surface area contributed by atoms with Crippen LogP contribution in [0.15, 0.2) is 36.5 Å². The van der Waals surface area contributed by atoms with Crippen LogP contribution in [0.4, 0.5) is 5.69 Å². The van der Waals surface area contributed by atoms with Gasteiger partial charge in [0.1, 0.15) is 0 Å². The highest BCUT2D eigenvalue weighted by Gasteiger charge is 2.23. The lowest BCUT2D eigenvalue weighted by atomic mass is 10.1. The number of aryl methyl sites for hydroxylation is 1. The van der Waals surface area contributed by atoms with Crippen LogP contribution in [0.25, 0.3) is 0 Å². The number of benzene rings is 1. The van der Waals surface area contributed by atoms with E-state index in [0.717, 1.165) is 31.4 Å². The number of anilines is 1. The predicted octanol–water partition coefficient (Wildman–Crippen LogP) is 3.16. The van der Waals surface area contributed by atoms with E-state index in [1.165, 1.54) is 35.2 Å². The quantitative estimate of drug-likeness (QED) is 0.932. The topological polar surface area (TPSA) is 28.2 Å². The summed E-state index contributed by atoms with van der Waals surface area (Å²) in [6, 6.07) is 11.7. The first-order chi connectivity index (χ1) is 10.3. The Morgan fingerprint density at radius 1 is 1.19 bits per heavy atom. The predicted molar refractivity (Wildman–Crippen MR) is 85.2 cm³/mol.